The number of rotatable bonds is 7. The van der Waals surface area contributed by atoms with E-state index in [1.54, 1.807) is 12.1 Å². The van der Waals surface area contributed by atoms with Crippen LogP contribution in [0.1, 0.15) is 31.2 Å². The molecule has 3 heteroatoms. The van der Waals surface area contributed by atoms with E-state index >= 15 is 0 Å². The summed E-state index contributed by atoms with van der Waals surface area (Å²) in [5, 5.41) is 3.37. The van der Waals surface area contributed by atoms with Gasteiger partial charge in [-0.25, -0.2) is 4.39 Å². The zero-order valence-corrected chi connectivity index (χ0v) is 11.0. The Bertz CT molecular complexity index is 348. The van der Waals surface area contributed by atoms with Gasteiger partial charge in [0.2, 0.25) is 0 Å². The van der Waals surface area contributed by atoms with E-state index in [1.807, 2.05) is 6.07 Å². The summed E-state index contributed by atoms with van der Waals surface area (Å²) in [7, 11) is 0. The van der Waals surface area contributed by atoms with Crippen LogP contribution in [0.25, 0.3) is 0 Å². The van der Waals surface area contributed by atoms with Crippen LogP contribution in [0.4, 0.5) is 4.39 Å². The lowest BCUT2D eigenvalue weighted by atomic mass is 10.2. The Morgan fingerprint density at radius 1 is 1.17 bits per heavy atom. The smallest absolute Gasteiger partial charge is 0.123 e. The molecular weight excluding hydrogens is 227 g/mol. The van der Waals surface area contributed by atoms with E-state index in [2.05, 4.69) is 10.2 Å². The number of likely N-dealkylation sites (tertiary alicyclic amines) is 1. The molecule has 1 aliphatic heterocycles. The number of hydrogen-bond acceptors (Lipinski definition) is 2. The number of benzene rings is 1. The zero-order chi connectivity index (χ0) is 12.6. The molecule has 0 amide bonds. The normalized spacial score (nSPS) is 16.3. The van der Waals surface area contributed by atoms with Crippen LogP contribution in [0.5, 0.6) is 0 Å². The highest BCUT2D eigenvalue weighted by molar-refractivity contribution is 5.15. The molecule has 1 N–H and O–H groups in total. The fourth-order valence-electron chi connectivity index (χ4n) is 2.47. The van der Waals surface area contributed by atoms with Gasteiger partial charge in [-0.05, 0) is 69.6 Å². The number of hydrogen-bond donors (Lipinski definition) is 1. The molecule has 1 saturated heterocycles. The second kappa shape index (κ2) is 7.49. The van der Waals surface area contributed by atoms with Crippen molar-refractivity contribution in [3.8, 4) is 0 Å². The Labute approximate surface area is 109 Å². The van der Waals surface area contributed by atoms with Gasteiger partial charge in [0, 0.05) is 6.54 Å². The van der Waals surface area contributed by atoms with Gasteiger partial charge in [0.1, 0.15) is 5.82 Å². The lowest BCUT2D eigenvalue weighted by molar-refractivity contribution is 0.329. The van der Waals surface area contributed by atoms with Gasteiger partial charge in [-0.15, -0.1) is 0 Å². The van der Waals surface area contributed by atoms with Gasteiger partial charge in [-0.1, -0.05) is 12.1 Å². The molecule has 1 heterocycles. The Morgan fingerprint density at radius 3 is 2.78 bits per heavy atom. The molecule has 100 valence electrons. The van der Waals surface area contributed by atoms with Gasteiger partial charge in [0.25, 0.3) is 0 Å². The maximum absolute atomic E-state index is 12.9. The van der Waals surface area contributed by atoms with Crippen molar-refractivity contribution in [3.05, 3.63) is 35.6 Å². The van der Waals surface area contributed by atoms with Crippen LogP contribution >= 0.6 is 0 Å². The fraction of sp³-hybridized carbons (Fsp3) is 0.600. The first kappa shape index (κ1) is 13.5. The summed E-state index contributed by atoms with van der Waals surface area (Å²) in [5.74, 6) is -0.150. The Balaban J connectivity index is 1.50. The Hall–Kier alpha value is -0.930. The first-order chi connectivity index (χ1) is 8.84. The van der Waals surface area contributed by atoms with E-state index in [1.165, 1.54) is 51.4 Å². The molecule has 0 atom stereocenters. The molecule has 0 aliphatic carbocycles. The zero-order valence-electron chi connectivity index (χ0n) is 11.0. The number of nitrogens with zero attached hydrogens (tertiary/aromatic N) is 1. The first-order valence-corrected chi connectivity index (χ1v) is 7.02. The van der Waals surface area contributed by atoms with Crippen molar-refractivity contribution in [1.29, 1.82) is 0 Å². The molecule has 0 radical (unpaired) electrons. The monoisotopic (exact) mass is 250 g/mol. The average molecular weight is 250 g/mol. The summed E-state index contributed by atoms with van der Waals surface area (Å²) in [6, 6.07) is 6.80. The van der Waals surface area contributed by atoms with Gasteiger partial charge in [0.05, 0.1) is 0 Å². The predicted octanol–water partition coefficient (Wildman–Crippen LogP) is 2.79. The van der Waals surface area contributed by atoms with Crippen LogP contribution in [0.15, 0.2) is 24.3 Å². The van der Waals surface area contributed by atoms with Gasteiger partial charge in [-0.3, -0.25) is 0 Å². The number of unbranched alkanes of at least 4 members (excludes halogenated alkanes) is 1. The lowest BCUT2D eigenvalue weighted by Crippen LogP contribution is -2.22. The van der Waals surface area contributed by atoms with E-state index in [-0.39, 0.29) is 5.82 Å². The second-order valence-corrected chi connectivity index (χ2v) is 5.06. The van der Waals surface area contributed by atoms with Crippen molar-refractivity contribution in [1.82, 2.24) is 10.2 Å². The third-order valence-electron chi connectivity index (χ3n) is 3.49. The molecule has 0 aromatic heterocycles. The summed E-state index contributed by atoms with van der Waals surface area (Å²) < 4.78 is 12.9. The first-order valence-electron chi connectivity index (χ1n) is 7.02. The number of nitrogens with one attached hydrogen (secondary N) is 1. The fourth-order valence-corrected chi connectivity index (χ4v) is 2.47. The molecule has 1 aromatic carbocycles. The van der Waals surface area contributed by atoms with Crippen molar-refractivity contribution < 1.29 is 4.39 Å². The van der Waals surface area contributed by atoms with Gasteiger partial charge >= 0.3 is 0 Å². The molecule has 2 nitrogen and oxygen atoms in total. The molecule has 1 aromatic rings. The SMILES string of the molecule is Fc1cccc(CNCCCCN2CCCC2)c1. The summed E-state index contributed by atoms with van der Waals surface area (Å²) in [6.45, 7) is 5.60. The third-order valence-corrected chi connectivity index (χ3v) is 3.49. The lowest BCUT2D eigenvalue weighted by Gasteiger charge is -2.14. The highest BCUT2D eigenvalue weighted by Gasteiger charge is 2.09. The summed E-state index contributed by atoms with van der Waals surface area (Å²) >= 11 is 0. The van der Waals surface area contributed by atoms with Crippen molar-refractivity contribution in [2.45, 2.75) is 32.2 Å². The summed E-state index contributed by atoms with van der Waals surface area (Å²) in [5.41, 5.74) is 1.02. The van der Waals surface area contributed by atoms with Crippen LogP contribution in [0.3, 0.4) is 0 Å². The van der Waals surface area contributed by atoms with Crippen LogP contribution in [-0.2, 0) is 6.54 Å². The molecule has 0 bridgehead atoms. The minimum Gasteiger partial charge on any atom is -0.313 e. The van der Waals surface area contributed by atoms with Gasteiger partial charge in [-0.2, -0.15) is 0 Å². The Morgan fingerprint density at radius 2 is 2.00 bits per heavy atom. The quantitative estimate of drug-likeness (QED) is 0.749. The minimum absolute atomic E-state index is 0.150. The maximum atomic E-state index is 12.9. The standard InChI is InChI=1S/C15H23FN2/c16-15-7-5-6-14(12-15)13-17-8-1-2-9-18-10-3-4-11-18/h5-7,12,17H,1-4,8-11,13H2. The van der Waals surface area contributed by atoms with Crippen LogP contribution in [-0.4, -0.2) is 31.1 Å². The molecule has 2 rings (SSSR count). The molecule has 0 spiro atoms. The highest BCUT2D eigenvalue weighted by Crippen LogP contribution is 2.08. The van der Waals surface area contributed by atoms with Crippen molar-refractivity contribution >= 4 is 0 Å². The van der Waals surface area contributed by atoms with E-state index in [4.69, 9.17) is 0 Å². The van der Waals surface area contributed by atoms with Crippen molar-refractivity contribution in [2.24, 2.45) is 0 Å². The molecule has 0 saturated carbocycles. The molecular formula is C15H23FN2. The largest absolute Gasteiger partial charge is 0.313 e. The summed E-state index contributed by atoms with van der Waals surface area (Å²) in [4.78, 5) is 2.55. The second-order valence-electron chi connectivity index (χ2n) is 5.06. The maximum Gasteiger partial charge on any atom is 0.123 e. The van der Waals surface area contributed by atoms with Crippen LogP contribution < -0.4 is 5.32 Å². The van der Waals surface area contributed by atoms with Gasteiger partial charge in [0.15, 0.2) is 0 Å². The summed E-state index contributed by atoms with van der Waals surface area (Å²) in [6.07, 6.45) is 5.21. The van der Waals surface area contributed by atoms with Gasteiger partial charge < -0.3 is 10.2 Å². The van der Waals surface area contributed by atoms with E-state index in [9.17, 15) is 4.39 Å². The average Bonchev–Trinajstić information content (AvgIpc) is 2.87. The highest BCUT2D eigenvalue weighted by atomic mass is 19.1. The van der Waals surface area contributed by atoms with E-state index < -0.39 is 0 Å². The van der Waals surface area contributed by atoms with E-state index in [0.717, 1.165) is 18.7 Å². The van der Waals surface area contributed by atoms with E-state index in [0.29, 0.717) is 0 Å². The minimum atomic E-state index is -0.150. The topological polar surface area (TPSA) is 15.3 Å². The molecule has 0 unspecified atom stereocenters. The molecule has 18 heavy (non-hydrogen) atoms. The predicted molar refractivity (Wildman–Crippen MR) is 73.0 cm³/mol. The van der Waals surface area contributed by atoms with Crippen molar-refractivity contribution in [2.75, 3.05) is 26.2 Å². The number of halogens is 1. The van der Waals surface area contributed by atoms with Crippen LogP contribution in [0.2, 0.25) is 0 Å². The van der Waals surface area contributed by atoms with Crippen molar-refractivity contribution in [3.63, 3.8) is 0 Å². The molecule has 1 aliphatic rings. The Kier molecular flexibility index (Phi) is 5.62. The molecule has 1 fully saturated rings. The van der Waals surface area contributed by atoms with Crippen LogP contribution in [0, 0.1) is 5.82 Å². The third kappa shape index (κ3) is 4.75.